The summed E-state index contributed by atoms with van der Waals surface area (Å²) in [6, 6.07) is 7.59. The van der Waals surface area contributed by atoms with Gasteiger partial charge in [0.15, 0.2) is 5.76 Å². The Morgan fingerprint density at radius 3 is 2.82 bits per heavy atom. The van der Waals surface area contributed by atoms with Gasteiger partial charge in [-0.15, -0.1) is 0 Å². The van der Waals surface area contributed by atoms with E-state index in [1.165, 1.54) is 0 Å². The molecule has 0 radical (unpaired) electrons. The lowest BCUT2D eigenvalue weighted by atomic mass is 10.1. The third-order valence-corrected chi connectivity index (χ3v) is 3.21. The van der Waals surface area contributed by atoms with Gasteiger partial charge in [-0.25, -0.2) is 0 Å². The maximum Gasteiger partial charge on any atom is 0.154 e. The van der Waals surface area contributed by atoms with Gasteiger partial charge in [0.2, 0.25) is 0 Å². The monoisotopic (exact) mass is 250 g/mol. The number of hydrogen-bond acceptors (Lipinski definition) is 3. The van der Waals surface area contributed by atoms with Gasteiger partial charge in [0.25, 0.3) is 0 Å². The first-order valence-electron chi connectivity index (χ1n) is 5.60. The molecule has 4 heteroatoms. The SMILES string of the molecule is CCC(N)c1cc(-c2ccc(C)c(Cl)c2)no1. The smallest absolute Gasteiger partial charge is 0.154 e. The average molecular weight is 251 g/mol. The Hall–Kier alpha value is -1.32. The Balaban J connectivity index is 2.33. The van der Waals surface area contributed by atoms with Crippen LogP contribution in [0.5, 0.6) is 0 Å². The Kier molecular flexibility index (Phi) is 3.50. The molecule has 3 nitrogen and oxygen atoms in total. The fourth-order valence-electron chi connectivity index (χ4n) is 1.55. The number of hydrogen-bond donors (Lipinski definition) is 1. The molecule has 0 aliphatic rings. The van der Waals surface area contributed by atoms with E-state index >= 15 is 0 Å². The molecule has 2 rings (SSSR count). The Morgan fingerprint density at radius 2 is 2.18 bits per heavy atom. The van der Waals surface area contributed by atoms with Crippen molar-refractivity contribution in [1.82, 2.24) is 5.16 Å². The Labute approximate surface area is 106 Å². The van der Waals surface area contributed by atoms with E-state index in [-0.39, 0.29) is 6.04 Å². The van der Waals surface area contributed by atoms with Crippen LogP contribution < -0.4 is 5.73 Å². The minimum absolute atomic E-state index is 0.0998. The van der Waals surface area contributed by atoms with Crippen molar-refractivity contribution in [2.24, 2.45) is 5.73 Å². The quantitative estimate of drug-likeness (QED) is 0.903. The fraction of sp³-hybridized carbons (Fsp3) is 0.308. The number of benzene rings is 1. The summed E-state index contributed by atoms with van der Waals surface area (Å²) in [5.74, 6) is 0.708. The van der Waals surface area contributed by atoms with Crippen LogP contribution in [0.1, 0.15) is 30.7 Å². The zero-order valence-electron chi connectivity index (χ0n) is 9.90. The molecule has 1 heterocycles. The average Bonchev–Trinajstić information content (AvgIpc) is 2.81. The van der Waals surface area contributed by atoms with E-state index in [2.05, 4.69) is 5.16 Å². The maximum absolute atomic E-state index is 6.08. The van der Waals surface area contributed by atoms with Gasteiger partial charge in [0.1, 0.15) is 5.69 Å². The van der Waals surface area contributed by atoms with Gasteiger partial charge in [-0.3, -0.25) is 0 Å². The van der Waals surface area contributed by atoms with Crippen molar-refractivity contribution in [1.29, 1.82) is 0 Å². The summed E-state index contributed by atoms with van der Waals surface area (Å²) in [6.45, 7) is 3.98. The second-order valence-corrected chi connectivity index (χ2v) is 4.50. The van der Waals surface area contributed by atoms with Gasteiger partial charge in [0, 0.05) is 16.7 Å². The minimum Gasteiger partial charge on any atom is -0.359 e. The lowest BCUT2D eigenvalue weighted by molar-refractivity contribution is 0.360. The summed E-state index contributed by atoms with van der Waals surface area (Å²) in [4.78, 5) is 0. The maximum atomic E-state index is 6.08. The molecular weight excluding hydrogens is 236 g/mol. The molecule has 1 atom stereocenters. The first-order valence-corrected chi connectivity index (χ1v) is 5.98. The second-order valence-electron chi connectivity index (χ2n) is 4.09. The predicted octanol–water partition coefficient (Wildman–Crippen LogP) is 3.71. The van der Waals surface area contributed by atoms with Crippen LogP contribution in [0, 0.1) is 6.92 Å². The van der Waals surface area contributed by atoms with Crippen LogP contribution >= 0.6 is 11.6 Å². The molecule has 0 saturated carbocycles. The van der Waals surface area contributed by atoms with E-state index in [9.17, 15) is 0 Å². The predicted molar refractivity (Wildman–Crippen MR) is 68.9 cm³/mol. The van der Waals surface area contributed by atoms with Gasteiger partial charge >= 0.3 is 0 Å². The van der Waals surface area contributed by atoms with Gasteiger partial charge < -0.3 is 10.3 Å². The molecule has 0 aliphatic heterocycles. The van der Waals surface area contributed by atoms with Crippen molar-refractivity contribution in [3.8, 4) is 11.3 Å². The number of nitrogens with zero attached hydrogens (tertiary/aromatic N) is 1. The normalized spacial score (nSPS) is 12.7. The highest BCUT2D eigenvalue weighted by Crippen LogP contribution is 2.26. The molecule has 0 spiro atoms. The van der Waals surface area contributed by atoms with Gasteiger partial charge in [-0.2, -0.15) is 0 Å². The van der Waals surface area contributed by atoms with E-state index in [0.29, 0.717) is 5.76 Å². The molecule has 0 amide bonds. The topological polar surface area (TPSA) is 52.0 Å². The first-order chi connectivity index (χ1) is 8.11. The zero-order valence-corrected chi connectivity index (χ0v) is 10.7. The summed E-state index contributed by atoms with van der Waals surface area (Å²) in [5.41, 5.74) is 8.64. The lowest BCUT2D eigenvalue weighted by Gasteiger charge is -2.01. The summed E-state index contributed by atoms with van der Waals surface area (Å²) < 4.78 is 5.22. The number of halogens is 1. The summed E-state index contributed by atoms with van der Waals surface area (Å²) >= 11 is 6.08. The van der Waals surface area contributed by atoms with Gasteiger partial charge in [0.05, 0.1) is 6.04 Å². The molecule has 0 saturated heterocycles. The van der Waals surface area contributed by atoms with Crippen molar-refractivity contribution in [3.63, 3.8) is 0 Å². The van der Waals surface area contributed by atoms with E-state index in [1.807, 2.05) is 38.1 Å². The first kappa shape index (κ1) is 12.1. The molecule has 1 aromatic carbocycles. The highest BCUT2D eigenvalue weighted by Gasteiger charge is 2.12. The van der Waals surface area contributed by atoms with Crippen molar-refractivity contribution >= 4 is 11.6 Å². The molecule has 1 aromatic heterocycles. The molecular formula is C13H15ClN2O. The van der Waals surface area contributed by atoms with Gasteiger partial charge in [-0.1, -0.05) is 35.8 Å². The number of aromatic nitrogens is 1. The number of rotatable bonds is 3. The number of aryl methyl sites for hydroxylation is 1. The molecule has 0 aliphatic carbocycles. The standard InChI is InChI=1S/C13H15ClN2O/c1-3-11(15)13-7-12(16-17-13)9-5-4-8(2)10(14)6-9/h4-7,11H,3,15H2,1-2H3. The van der Waals surface area contributed by atoms with Crippen molar-refractivity contribution in [2.45, 2.75) is 26.3 Å². The van der Waals surface area contributed by atoms with Crippen LogP contribution in [0.15, 0.2) is 28.8 Å². The zero-order chi connectivity index (χ0) is 12.4. The van der Waals surface area contributed by atoms with Crippen LogP contribution in [0.2, 0.25) is 5.02 Å². The largest absolute Gasteiger partial charge is 0.359 e. The van der Waals surface area contributed by atoms with Crippen LogP contribution in [0.4, 0.5) is 0 Å². The van der Waals surface area contributed by atoms with E-state index in [4.69, 9.17) is 21.9 Å². The fourth-order valence-corrected chi connectivity index (χ4v) is 1.73. The third kappa shape index (κ3) is 2.51. The molecule has 0 bridgehead atoms. The van der Waals surface area contributed by atoms with Crippen LogP contribution in [-0.4, -0.2) is 5.16 Å². The van der Waals surface area contributed by atoms with Crippen LogP contribution in [0.3, 0.4) is 0 Å². The molecule has 17 heavy (non-hydrogen) atoms. The van der Waals surface area contributed by atoms with Gasteiger partial charge in [-0.05, 0) is 25.0 Å². The highest BCUT2D eigenvalue weighted by atomic mass is 35.5. The van der Waals surface area contributed by atoms with E-state index < -0.39 is 0 Å². The van der Waals surface area contributed by atoms with Crippen molar-refractivity contribution in [2.75, 3.05) is 0 Å². The van der Waals surface area contributed by atoms with Crippen LogP contribution in [-0.2, 0) is 0 Å². The summed E-state index contributed by atoms with van der Waals surface area (Å²) in [5, 5.41) is 4.74. The Morgan fingerprint density at radius 1 is 1.41 bits per heavy atom. The molecule has 2 aromatic rings. The molecule has 1 unspecified atom stereocenters. The van der Waals surface area contributed by atoms with Crippen LogP contribution in [0.25, 0.3) is 11.3 Å². The number of nitrogens with two attached hydrogens (primary N) is 1. The van der Waals surface area contributed by atoms with Crippen molar-refractivity contribution < 1.29 is 4.52 Å². The molecule has 2 N–H and O–H groups in total. The summed E-state index contributed by atoms with van der Waals surface area (Å²) in [6.07, 6.45) is 0.823. The second kappa shape index (κ2) is 4.90. The molecule has 0 fully saturated rings. The third-order valence-electron chi connectivity index (χ3n) is 2.80. The highest BCUT2D eigenvalue weighted by molar-refractivity contribution is 6.31. The lowest BCUT2D eigenvalue weighted by Crippen LogP contribution is -2.06. The van der Waals surface area contributed by atoms with E-state index in [1.54, 1.807) is 0 Å². The summed E-state index contributed by atoms with van der Waals surface area (Å²) in [7, 11) is 0. The molecule has 90 valence electrons. The Bertz CT molecular complexity index is 522. The van der Waals surface area contributed by atoms with E-state index in [0.717, 1.165) is 28.3 Å². The van der Waals surface area contributed by atoms with Crippen molar-refractivity contribution in [3.05, 3.63) is 40.6 Å². The minimum atomic E-state index is -0.0998.